The van der Waals surface area contributed by atoms with Crippen molar-refractivity contribution >= 4 is 16.7 Å². The molecule has 0 spiro atoms. The number of nitrogens with zero attached hydrogens (tertiary/aromatic N) is 3. The summed E-state index contributed by atoms with van der Waals surface area (Å²) in [4.78, 5) is 10.8. The molecule has 0 amide bonds. The lowest BCUT2D eigenvalue weighted by molar-refractivity contribution is 0.387. The van der Waals surface area contributed by atoms with Gasteiger partial charge in [0.15, 0.2) is 11.6 Å². The predicted molar refractivity (Wildman–Crippen MR) is 76.6 cm³/mol. The van der Waals surface area contributed by atoms with E-state index < -0.39 is 5.82 Å². The van der Waals surface area contributed by atoms with Crippen LogP contribution in [0.15, 0.2) is 18.5 Å². The van der Waals surface area contributed by atoms with E-state index in [0.717, 1.165) is 24.2 Å². The average molecular weight is 275 g/mol. The molecule has 2 heterocycles. The standard InChI is InChI=1S/C15H18FN3O/c1-9-4-5-19(10(9)2)15-11-6-14(20-3)12(16)7-13(11)17-8-18-15/h6-10H,4-5H2,1-3H3. The normalized spacial score (nSPS) is 22.5. The first-order valence-corrected chi connectivity index (χ1v) is 6.86. The van der Waals surface area contributed by atoms with Crippen LogP contribution >= 0.6 is 0 Å². The third kappa shape index (κ3) is 1.97. The Bertz CT molecular complexity index is 646. The quantitative estimate of drug-likeness (QED) is 0.844. The summed E-state index contributed by atoms with van der Waals surface area (Å²) >= 11 is 0. The van der Waals surface area contributed by atoms with Crippen molar-refractivity contribution in [3.8, 4) is 5.75 Å². The lowest BCUT2D eigenvalue weighted by Crippen LogP contribution is -2.30. The van der Waals surface area contributed by atoms with E-state index in [1.54, 1.807) is 6.07 Å². The molecule has 1 aliphatic heterocycles. The number of hydrogen-bond acceptors (Lipinski definition) is 4. The highest BCUT2D eigenvalue weighted by Crippen LogP contribution is 2.34. The number of ether oxygens (including phenoxy) is 1. The Hall–Kier alpha value is -1.91. The molecule has 1 aliphatic rings. The minimum absolute atomic E-state index is 0.230. The second-order valence-electron chi connectivity index (χ2n) is 5.40. The Balaban J connectivity index is 2.16. The summed E-state index contributed by atoms with van der Waals surface area (Å²) in [6.45, 7) is 5.41. The van der Waals surface area contributed by atoms with Gasteiger partial charge < -0.3 is 9.64 Å². The molecule has 3 rings (SSSR count). The second-order valence-corrected chi connectivity index (χ2v) is 5.40. The van der Waals surface area contributed by atoms with E-state index in [9.17, 15) is 4.39 Å². The van der Waals surface area contributed by atoms with Crippen molar-refractivity contribution in [2.75, 3.05) is 18.6 Å². The highest BCUT2D eigenvalue weighted by atomic mass is 19.1. The zero-order valence-corrected chi connectivity index (χ0v) is 11.9. The van der Waals surface area contributed by atoms with Crippen molar-refractivity contribution in [3.63, 3.8) is 0 Å². The molecule has 0 bridgehead atoms. The fraction of sp³-hybridized carbons (Fsp3) is 0.467. The Kier molecular flexibility index (Phi) is 3.20. The molecule has 4 nitrogen and oxygen atoms in total. The molecule has 0 saturated carbocycles. The van der Waals surface area contributed by atoms with Gasteiger partial charge in [-0.3, -0.25) is 0 Å². The summed E-state index contributed by atoms with van der Waals surface area (Å²) in [6, 6.07) is 3.52. The molecular weight excluding hydrogens is 257 g/mol. The molecule has 0 aliphatic carbocycles. The van der Waals surface area contributed by atoms with E-state index in [0.29, 0.717) is 17.5 Å². The van der Waals surface area contributed by atoms with Crippen LogP contribution in [0.4, 0.5) is 10.2 Å². The fourth-order valence-electron chi connectivity index (χ4n) is 2.82. The minimum Gasteiger partial charge on any atom is -0.494 e. The number of hydrogen-bond donors (Lipinski definition) is 0. The molecule has 20 heavy (non-hydrogen) atoms. The first-order chi connectivity index (χ1) is 9.61. The van der Waals surface area contributed by atoms with Crippen LogP contribution in [-0.4, -0.2) is 29.7 Å². The highest BCUT2D eigenvalue weighted by molar-refractivity contribution is 5.90. The fourth-order valence-corrected chi connectivity index (χ4v) is 2.82. The van der Waals surface area contributed by atoms with Crippen molar-refractivity contribution in [2.24, 2.45) is 5.92 Å². The Morgan fingerprint density at radius 1 is 1.30 bits per heavy atom. The molecular formula is C15H18FN3O. The Morgan fingerprint density at radius 2 is 2.10 bits per heavy atom. The van der Waals surface area contributed by atoms with Crippen LogP contribution in [0.25, 0.3) is 10.9 Å². The number of halogens is 1. The maximum atomic E-state index is 13.8. The highest BCUT2D eigenvalue weighted by Gasteiger charge is 2.29. The molecule has 1 aromatic carbocycles. The van der Waals surface area contributed by atoms with Crippen molar-refractivity contribution in [3.05, 3.63) is 24.3 Å². The molecule has 1 fully saturated rings. The summed E-state index contributed by atoms with van der Waals surface area (Å²) in [6.07, 6.45) is 2.64. The number of fused-ring (bicyclic) bond motifs is 1. The Labute approximate surface area is 117 Å². The number of anilines is 1. The molecule has 106 valence electrons. The maximum Gasteiger partial charge on any atom is 0.167 e. The van der Waals surface area contributed by atoms with Gasteiger partial charge in [-0.25, -0.2) is 14.4 Å². The van der Waals surface area contributed by atoms with Gasteiger partial charge in [-0.2, -0.15) is 0 Å². The summed E-state index contributed by atoms with van der Waals surface area (Å²) < 4.78 is 18.8. The molecule has 2 atom stereocenters. The van der Waals surface area contributed by atoms with Crippen molar-refractivity contribution in [2.45, 2.75) is 26.3 Å². The van der Waals surface area contributed by atoms with Gasteiger partial charge in [-0.1, -0.05) is 6.92 Å². The van der Waals surface area contributed by atoms with Crippen LogP contribution < -0.4 is 9.64 Å². The lowest BCUT2D eigenvalue weighted by Gasteiger charge is -2.25. The zero-order chi connectivity index (χ0) is 14.3. The summed E-state index contributed by atoms with van der Waals surface area (Å²) in [5.74, 6) is 1.33. The minimum atomic E-state index is -0.396. The largest absolute Gasteiger partial charge is 0.494 e. The van der Waals surface area contributed by atoms with E-state index >= 15 is 0 Å². The number of benzene rings is 1. The van der Waals surface area contributed by atoms with Gasteiger partial charge in [0.25, 0.3) is 0 Å². The van der Waals surface area contributed by atoms with Gasteiger partial charge >= 0.3 is 0 Å². The third-order valence-corrected chi connectivity index (χ3v) is 4.30. The van der Waals surface area contributed by atoms with E-state index in [2.05, 4.69) is 28.7 Å². The maximum absolute atomic E-state index is 13.8. The van der Waals surface area contributed by atoms with Crippen LogP contribution in [0.3, 0.4) is 0 Å². The Morgan fingerprint density at radius 3 is 2.75 bits per heavy atom. The summed E-state index contributed by atoms with van der Waals surface area (Å²) in [5.41, 5.74) is 0.611. The number of rotatable bonds is 2. The topological polar surface area (TPSA) is 38.2 Å². The van der Waals surface area contributed by atoms with Gasteiger partial charge in [0.2, 0.25) is 0 Å². The van der Waals surface area contributed by atoms with Crippen molar-refractivity contribution < 1.29 is 9.13 Å². The SMILES string of the molecule is COc1cc2c(N3CCC(C)C3C)ncnc2cc1F. The van der Waals surface area contributed by atoms with Crippen LogP contribution in [0.5, 0.6) is 5.75 Å². The second kappa shape index (κ2) is 4.89. The van der Waals surface area contributed by atoms with Crippen LogP contribution in [-0.2, 0) is 0 Å². The number of aromatic nitrogens is 2. The van der Waals surface area contributed by atoms with E-state index in [1.807, 2.05) is 0 Å². The van der Waals surface area contributed by atoms with Crippen LogP contribution in [0, 0.1) is 11.7 Å². The molecule has 0 radical (unpaired) electrons. The van der Waals surface area contributed by atoms with E-state index in [1.165, 1.54) is 19.5 Å². The zero-order valence-electron chi connectivity index (χ0n) is 11.9. The lowest BCUT2D eigenvalue weighted by atomic mass is 10.1. The third-order valence-electron chi connectivity index (χ3n) is 4.30. The van der Waals surface area contributed by atoms with Gasteiger partial charge in [-0.05, 0) is 25.3 Å². The molecule has 2 unspecified atom stereocenters. The van der Waals surface area contributed by atoms with Crippen molar-refractivity contribution in [1.82, 2.24) is 9.97 Å². The van der Waals surface area contributed by atoms with Crippen LogP contribution in [0.1, 0.15) is 20.3 Å². The first-order valence-electron chi connectivity index (χ1n) is 6.86. The van der Waals surface area contributed by atoms with Gasteiger partial charge in [0.05, 0.1) is 12.6 Å². The van der Waals surface area contributed by atoms with E-state index in [-0.39, 0.29) is 5.75 Å². The average Bonchev–Trinajstić information content (AvgIpc) is 2.77. The van der Waals surface area contributed by atoms with Gasteiger partial charge in [0.1, 0.15) is 12.1 Å². The van der Waals surface area contributed by atoms with Gasteiger partial charge in [0, 0.05) is 24.0 Å². The summed E-state index contributed by atoms with van der Waals surface area (Å²) in [5, 5.41) is 0.840. The molecule has 1 aromatic heterocycles. The first kappa shape index (κ1) is 13.1. The van der Waals surface area contributed by atoms with E-state index in [4.69, 9.17) is 4.74 Å². The monoisotopic (exact) mass is 275 g/mol. The van der Waals surface area contributed by atoms with Gasteiger partial charge in [-0.15, -0.1) is 0 Å². The predicted octanol–water partition coefficient (Wildman–Crippen LogP) is 3.01. The summed E-state index contributed by atoms with van der Waals surface area (Å²) in [7, 11) is 1.47. The smallest absolute Gasteiger partial charge is 0.167 e. The number of methoxy groups -OCH3 is 1. The molecule has 5 heteroatoms. The molecule has 1 saturated heterocycles. The molecule has 0 N–H and O–H groups in total. The van der Waals surface area contributed by atoms with Crippen LogP contribution in [0.2, 0.25) is 0 Å². The van der Waals surface area contributed by atoms with Crippen molar-refractivity contribution in [1.29, 1.82) is 0 Å². The molecule has 2 aromatic rings.